The van der Waals surface area contributed by atoms with Gasteiger partial charge in [0.15, 0.2) is 0 Å². The third-order valence-electron chi connectivity index (χ3n) is 6.94. The van der Waals surface area contributed by atoms with E-state index in [0.29, 0.717) is 23.4 Å². The van der Waals surface area contributed by atoms with Crippen molar-refractivity contribution in [3.63, 3.8) is 0 Å². The average molecular weight is 491 g/mol. The van der Waals surface area contributed by atoms with E-state index in [-0.39, 0.29) is 24.3 Å². The second kappa shape index (κ2) is 10.2. The number of hydrogen-bond donors (Lipinski definition) is 1. The van der Waals surface area contributed by atoms with Crippen LogP contribution in [-0.4, -0.2) is 39.4 Å². The zero-order chi connectivity index (χ0) is 24.4. The van der Waals surface area contributed by atoms with Crippen LogP contribution in [0, 0.1) is 18.8 Å². The Morgan fingerprint density at radius 1 is 1.03 bits per heavy atom. The van der Waals surface area contributed by atoms with Crippen molar-refractivity contribution in [1.29, 1.82) is 0 Å². The highest BCUT2D eigenvalue weighted by Gasteiger charge is 2.33. The van der Waals surface area contributed by atoms with Gasteiger partial charge in [0, 0.05) is 34.9 Å². The fourth-order valence-corrected chi connectivity index (χ4v) is 4.87. The maximum atomic E-state index is 13.2. The van der Waals surface area contributed by atoms with Gasteiger partial charge in [-0.05, 0) is 62.8 Å². The van der Waals surface area contributed by atoms with Crippen molar-refractivity contribution >= 4 is 29.4 Å². The van der Waals surface area contributed by atoms with Gasteiger partial charge in [0.25, 0.3) is 0 Å². The Hall–Kier alpha value is -3.12. The maximum Gasteiger partial charge on any atom is 0.246 e. The normalized spacial score (nSPS) is 15.8. The lowest BCUT2D eigenvalue weighted by molar-refractivity contribution is -0.138. The molecule has 3 aromatic rings. The predicted molar refractivity (Wildman–Crippen MR) is 139 cm³/mol. The molecule has 0 atom stereocenters. The standard InChI is InChI=1S/C28H31ClN4O2/c1-19-6-14-24(15-7-19)33-17-25(21-10-12-23(29)13-11-21)30-28(33)31-26(34)18-32(16-20-8-9-20)27(35)22-4-2-3-5-22/h6-7,10-15,17,20,22H,2-5,8-9,16,18H2,1H3,(H,30,31,34). The molecule has 1 N–H and O–H groups in total. The molecule has 2 aliphatic carbocycles. The molecular weight excluding hydrogens is 460 g/mol. The number of benzene rings is 2. The number of imidazole rings is 1. The number of amides is 2. The van der Waals surface area contributed by atoms with Crippen LogP contribution in [0.15, 0.2) is 54.7 Å². The number of anilines is 1. The van der Waals surface area contributed by atoms with Gasteiger partial charge in [-0.15, -0.1) is 0 Å². The summed E-state index contributed by atoms with van der Waals surface area (Å²) in [7, 11) is 0. The van der Waals surface area contributed by atoms with E-state index < -0.39 is 0 Å². The molecule has 6 nitrogen and oxygen atoms in total. The minimum absolute atomic E-state index is 0.0584. The third kappa shape index (κ3) is 5.76. The highest BCUT2D eigenvalue weighted by Crippen LogP contribution is 2.32. The monoisotopic (exact) mass is 490 g/mol. The molecule has 1 aromatic heterocycles. The second-order valence-corrected chi connectivity index (χ2v) is 10.3. The number of aryl methyl sites for hydroxylation is 1. The SMILES string of the molecule is Cc1ccc(-n2cc(-c3ccc(Cl)cc3)nc2NC(=O)CN(CC2CC2)C(=O)C2CCCC2)cc1. The quantitative estimate of drug-likeness (QED) is 0.429. The number of hydrogen-bond acceptors (Lipinski definition) is 3. The molecule has 1 heterocycles. The Balaban J connectivity index is 1.39. The van der Waals surface area contributed by atoms with Crippen LogP contribution in [-0.2, 0) is 9.59 Å². The van der Waals surface area contributed by atoms with Crippen LogP contribution >= 0.6 is 11.6 Å². The zero-order valence-electron chi connectivity index (χ0n) is 20.0. The summed E-state index contributed by atoms with van der Waals surface area (Å²) in [5.41, 5.74) is 3.69. The summed E-state index contributed by atoms with van der Waals surface area (Å²) in [6.45, 7) is 2.77. The fraction of sp³-hybridized carbons (Fsp3) is 0.393. The highest BCUT2D eigenvalue weighted by atomic mass is 35.5. The summed E-state index contributed by atoms with van der Waals surface area (Å²) in [5.74, 6) is 0.933. The molecule has 2 aliphatic rings. The van der Waals surface area contributed by atoms with Crippen LogP contribution in [0.4, 0.5) is 5.95 Å². The molecule has 0 unspecified atom stereocenters. The van der Waals surface area contributed by atoms with Crippen molar-refractivity contribution < 1.29 is 9.59 Å². The van der Waals surface area contributed by atoms with Crippen LogP contribution < -0.4 is 5.32 Å². The van der Waals surface area contributed by atoms with Gasteiger partial charge < -0.3 is 4.90 Å². The van der Waals surface area contributed by atoms with Gasteiger partial charge in [-0.1, -0.05) is 54.3 Å². The Morgan fingerprint density at radius 2 is 1.71 bits per heavy atom. The van der Waals surface area contributed by atoms with Crippen molar-refractivity contribution in [3.8, 4) is 16.9 Å². The van der Waals surface area contributed by atoms with Crippen LogP contribution in [0.3, 0.4) is 0 Å². The molecule has 182 valence electrons. The number of nitrogens with zero attached hydrogens (tertiary/aromatic N) is 3. The first-order valence-corrected chi connectivity index (χ1v) is 12.8. The van der Waals surface area contributed by atoms with E-state index in [1.54, 1.807) is 4.90 Å². The average Bonchev–Trinajstić information content (AvgIpc) is 3.32. The van der Waals surface area contributed by atoms with E-state index in [1.807, 2.05) is 66.2 Å². The smallest absolute Gasteiger partial charge is 0.246 e. The van der Waals surface area contributed by atoms with Gasteiger partial charge >= 0.3 is 0 Å². The van der Waals surface area contributed by atoms with Crippen LogP contribution in [0.5, 0.6) is 0 Å². The Labute approximate surface area is 211 Å². The van der Waals surface area contributed by atoms with E-state index in [0.717, 1.165) is 61.0 Å². The van der Waals surface area contributed by atoms with Crippen LogP contribution in [0.2, 0.25) is 5.02 Å². The van der Waals surface area contributed by atoms with Crippen LogP contribution in [0.1, 0.15) is 44.1 Å². The van der Waals surface area contributed by atoms with E-state index in [2.05, 4.69) is 5.32 Å². The molecule has 5 rings (SSSR count). The van der Waals surface area contributed by atoms with E-state index in [1.165, 1.54) is 0 Å². The van der Waals surface area contributed by atoms with Gasteiger partial charge in [0.2, 0.25) is 17.8 Å². The molecule has 35 heavy (non-hydrogen) atoms. The van der Waals surface area contributed by atoms with Crippen molar-refractivity contribution in [2.75, 3.05) is 18.4 Å². The summed E-state index contributed by atoms with van der Waals surface area (Å²) in [6, 6.07) is 15.5. The number of aromatic nitrogens is 2. The second-order valence-electron chi connectivity index (χ2n) is 9.85. The van der Waals surface area contributed by atoms with Crippen molar-refractivity contribution in [2.24, 2.45) is 11.8 Å². The van der Waals surface area contributed by atoms with Gasteiger partial charge in [-0.2, -0.15) is 0 Å². The molecule has 0 spiro atoms. The molecule has 7 heteroatoms. The van der Waals surface area contributed by atoms with Gasteiger partial charge in [0.1, 0.15) is 0 Å². The Bertz CT molecular complexity index is 1190. The first kappa shape index (κ1) is 23.6. The van der Waals surface area contributed by atoms with Crippen molar-refractivity contribution in [2.45, 2.75) is 45.4 Å². The molecule has 0 saturated heterocycles. The number of halogens is 1. The Morgan fingerprint density at radius 3 is 2.37 bits per heavy atom. The summed E-state index contributed by atoms with van der Waals surface area (Å²) in [6.07, 6.45) is 8.25. The number of carbonyl (C=O) groups excluding carboxylic acids is 2. The number of carbonyl (C=O) groups is 2. The molecule has 0 radical (unpaired) electrons. The third-order valence-corrected chi connectivity index (χ3v) is 7.19. The molecule has 0 bridgehead atoms. The molecule has 2 amide bonds. The zero-order valence-corrected chi connectivity index (χ0v) is 20.8. The van der Waals surface area contributed by atoms with Crippen molar-refractivity contribution in [1.82, 2.24) is 14.5 Å². The molecule has 2 saturated carbocycles. The predicted octanol–water partition coefficient (Wildman–Crippen LogP) is 5.87. The largest absolute Gasteiger partial charge is 0.333 e. The van der Waals surface area contributed by atoms with Gasteiger partial charge in [0.05, 0.1) is 12.2 Å². The fourth-order valence-electron chi connectivity index (χ4n) is 4.74. The molecule has 2 aromatic carbocycles. The van der Waals surface area contributed by atoms with E-state index in [4.69, 9.17) is 16.6 Å². The Kier molecular flexibility index (Phi) is 6.91. The molecular formula is C28H31ClN4O2. The van der Waals surface area contributed by atoms with E-state index in [9.17, 15) is 9.59 Å². The topological polar surface area (TPSA) is 67.2 Å². The molecule has 0 aliphatic heterocycles. The molecule has 2 fully saturated rings. The maximum absolute atomic E-state index is 13.2. The van der Waals surface area contributed by atoms with E-state index >= 15 is 0 Å². The summed E-state index contributed by atoms with van der Waals surface area (Å²) >= 11 is 6.06. The number of rotatable bonds is 8. The van der Waals surface area contributed by atoms with Gasteiger partial charge in [-0.3, -0.25) is 19.5 Å². The minimum atomic E-state index is -0.224. The first-order valence-electron chi connectivity index (χ1n) is 12.5. The lowest BCUT2D eigenvalue weighted by atomic mass is 10.1. The first-order chi connectivity index (χ1) is 17.0. The van der Waals surface area contributed by atoms with Gasteiger partial charge in [-0.25, -0.2) is 4.98 Å². The summed E-state index contributed by atoms with van der Waals surface area (Å²) < 4.78 is 1.88. The lowest BCUT2D eigenvalue weighted by Crippen LogP contribution is -2.42. The highest BCUT2D eigenvalue weighted by molar-refractivity contribution is 6.30. The lowest BCUT2D eigenvalue weighted by Gasteiger charge is -2.25. The number of nitrogens with one attached hydrogen (secondary N) is 1. The summed E-state index contributed by atoms with van der Waals surface area (Å²) in [5, 5.41) is 3.64. The van der Waals surface area contributed by atoms with Crippen molar-refractivity contribution in [3.05, 3.63) is 65.3 Å². The minimum Gasteiger partial charge on any atom is -0.333 e. The van der Waals surface area contributed by atoms with Crippen LogP contribution in [0.25, 0.3) is 16.9 Å². The summed E-state index contributed by atoms with van der Waals surface area (Å²) in [4.78, 5) is 32.9.